The summed E-state index contributed by atoms with van der Waals surface area (Å²) in [6.07, 6.45) is 1.74. The number of piperazine rings is 1. The lowest BCUT2D eigenvalue weighted by atomic mass is 9.96. The average Bonchev–Trinajstić information content (AvgIpc) is 2.89. The van der Waals surface area contributed by atoms with Gasteiger partial charge in [0.25, 0.3) is 5.91 Å². The Balaban J connectivity index is 1.24. The predicted molar refractivity (Wildman–Crippen MR) is 130 cm³/mol. The molecule has 0 spiro atoms. The maximum atomic E-state index is 12.9. The summed E-state index contributed by atoms with van der Waals surface area (Å²) in [6, 6.07) is 31.0. The Hall–Kier alpha value is -3.70. The van der Waals surface area contributed by atoms with Crippen LogP contribution in [0.5, 0.6) is 5.75 Å². The first-order valence-corrected chi connectivity index (χ1v) is 11.4. The third-order valence-corrected chi connectivity index (χ3v) is 6.21. The van der Waals surface area contributed by atoms with E-state index in [9.17, 15) is 4.79 Å². The molecule has 1 aliphatic heterocycles. The van der Waals surface area contributed by atoms with E-state index < -0.39 is 0 Å². The highest BCUT2D eigenvalue weighted by molar-refractivity contribution is 5.85. The van der Waals surface area contributed by atoms with Gasteiger partial charge in [-0.3, -0.25) is 14.7 Å². The van der Waals surface area contributed by atoms with Gasteiger partial charge in [0.05, 0.1) is 6.04 Å². The van der Waals surface area contributed by atoms with Crippen LogP contribution in [0.4, 0.5) is 0 Å². The van der Waals surface area contributed by atoms with Crippen LogP contribution in [0.2, 0.25) is 0 Å². The summed E-state index contributed by atoms with van der Waals surface area (Å²) in [5, 5.41) is 1.00. The summed E-state index contributed by atoms with van der Waals surface area (Å²) in [4.78, 5) is 21.7. The van der Waals surface area contributed by atoms with Crippen molar-refractivity contribution in [2.45, 2.75) is 6.04 Å². The van der Waals surface area contributed by atoms with Gasteiger partial charge in [0.1, 0.15) is 11.3 Å². The van der Waals surface area contributed by atoms with Gasteiger partial charge in [-0.25, -0.2) is 0 Å². The minimum absolute atomic E-state index is 0.0126. The number of fused-ring (bicyclic) bond motifs is 1. The van der Waals surface area contributed by atoms with E-state index in [1.54, 1.807) is 6.20 Å². The molecule has 0 aliphatic carbocycles. The fourth-order valence-electron chi connectivity index (χ4n) is 4.54. The van der Waals surface area contributed by atoms with Crippen molar-refractivity contribution in [3.63, 3.8) is 0 Å². The number of pyridine rings is 1. The number of rotatable bonds is 6. The molecule has 5 heteroatoms. The van der Waals surface area contributed by atoms with Crippen LogP contribution in [0, 0.1) is 0 Å². The highest BCUT2D eigenvalue weighted by Crippen LogP contribution is 2.29. The van der Waals surface area contributed by atoms with Gasteiger partial charge in [-0.2, -0.15) is 0 Å². The van der Waals surface area contributed by atoms with Gasteiger partial charge in [0.15, 0.2) is 6.61 Å². The molecule has 1 fully saturated rings. The van der Waals surface area contributed by atoms with E-state index in [0.717, 1.165) is 24.0 Å². The molecule has 33 heavy (non-hydrogen) atoms. The lowest BCUT2D eigenvalue weighted by Crippen LogP contribution is -2.51. The predicted octanol–water partition coefficient (Wildman–Crippen LogP) is 4.55. The van der Waals surface area contributed by atoms with E-state index in [-0.39, 0.29) is 18.6 Å². The number of carbonyl (C=O) groups excluding carboxylic acids is 1. The topological polar surface area (TPSA) is 45.7 Å². The van der Waals surface area contributed by atoms with Crippen molar-refractivity contribution in [3.05, 3.63) is 108 Å². The Labute approximate surface area is 194 Å². The zero-order chi connectivity index (χ0) is 22.5. The number of amides is 1. The van der Waals surface area contributed by atoms with Crippen molar-refractivity contribution in [3.8, 4) is 5.75 Å². The molecule has 0 unspecified atom stereocenters. The fraction of sp³-hybridized carbons (Fsp3) is 0.214. The first kappa shape index (κ1) is 21.2. The number of carbonyl (C=O) groups is 1. The maximum absolute atomic E-state index is 12.9. The molecule has 0 N–H and O–H groups in total. The first-order chi connectivity index (χ1) is 16.3. The van der Waals surface area contributed by atoms with Gasteiger partial charge in [0, 0.05) is 37.8 Å². The van der Waals surface area contributed by atoms with Gasteiger partial charge < -0.3 is 9.64 Å². The second-order valence-electron chi connectivity index (χ2n) is 8.26. The lowest BCUT2D eigenvalue weighted by Gasteiger charge is -2.39. The van der Waals surface area contributed by atoms with Crippen molar-refractivity contribution in [2.75, 3.05) is 32.8 Å². The van der Waals surface area contributed by atoms with Gasteiger partial charge >= 0.3 is 0 Å². The van der Waals surface area contributed by atoms with E-state index >= 15 is 0 Å². The normalized spacial score (nSPS) is 14.5. The zero-order valence-electron chi connectivity index (χ0n) is 18.5. The standard InChI is InChI=1S/C28H27N3O2/c32-26(21-33-25-15-7-13-22-14-8-16-29-27(22)25)30-17-19-31(20-18-30)28(23-9-3-1-4-10-23)24-11-5-2-6-12-24/h1-16,28H,17-21H2. The number of hydrogen-bond donors (Lipinski definition) is 0. The smallest absolute Gasteiger partial charge is 0.260 e. The fourth-order valence-corrected chi connectivity index (χ4v) is 4.54. The molecule has 1 aromatic heterocycles. The van der Waals surface area contributed by atoms with Crippen LogP contribution in [0.1, 0.15) is 17.2 Å². The quantitative estimate of drug-likeness (QED) is 0.444. The highest BCUT2D eigenvalue weighted by atomic mass is 16.5. The Morgan fingerprint density at radius 3 is 2.09 bits per heavy atom. The van der Waals surface area contributed by atoms with E-state index in [4.69, 9.17) is 4.74 Å². The molecular weight excluding hydrogens is 410 g/mol. The van der Waals surface area contributed by atoms with Crippen LogP contribution in [-0.4, -0.2) is 53.5 Å². The molecule has 0 bridgehead atoms. The Kier molecular flexibility index (Phi) is 6.31. The number of ether oxygens (including phenoxy) is 1. The summed E-state index contributed by atoms with van der Waals surface area (Å²) < 4.78 is 5.88. The molecule has 5 rings (SSSR count). The Morgan fingerprint density at radius 2 is 1.42 bits per heavy atom. The average molecular weight is 438 g/mol. The lowest BCUT2D eigenvalue weighted by molar-refractivity contribution is -0.135. The van der Waals surface area contributed by atoms with E-state index in [2.05, 4.69) is 58.4 Å². The van der Waals surface area contributed by atoms with E-state index in [1.165, 1.54) is 11.1 Å². The van der Waals surface area contributed by atoms with Gasteiger partial charge in [-0.1, -0.05) is 78.9 Å². The maximum Gasteiger partial charge on any atom is 0.260 e. The van der Waals surface area contributed by atoms with Gasteiger partial charge in [-0.05, 0) is 23.3 Å². The Bertz CT molecular complexity index is 1160. The minimum Gasteiger partial charge on any atom is -0.481 e. The van der Waals surface area contributed by atoms with Crippen molar-refractivity contribution < 1.29 is 9.53 Å². The van der Waals surface area contributed by atoms with Crippen LogP contribution >= 0.6 is 0 Å². The highest BCUT2D eigenvalue weighted by Gasteiger charge is 2.28. The van der Waals surface area contributed by atoms with Crippen molar-refractivity contribution in [2.24, 2.45) is 0 Å². The van der Waals surface area contributed by atoms with Crippen LogP contribution in [0.3, 0.4) is 0 Å². The van der Waals surface area contributed by atoms with E-state index in [0.29, 0.717) is 18.8 Å². The van der Waals surface area contributed by atoms with Crippen LogP contribution in [0.15, 0.2) is 97.2 Å². The zero-order valence-corrected chi connectivity index (χ0v) is 18.5. The molecule has 1 amide bonds. The molecule has 1 aliphatic rings. The molecule has 1 saturated heterocycles. The molecule has 0 radical (unpaired) electrons. The third kappa shape index (κ3) is 4.73. The van der Waals surface area contributed by atoms with Crippen LogP contribution < -0.4 is 4.74 Å². The minimum atomic E-state index is 0.0126. The molecule has 2 heterocycles. The number of benzene rings is 3. The third-order valence-electron chi connectivity index (χ3n) is 6.21. The van der Waals surface area contributed by atoms with Crippen molar-refractivity contribution in [1.82, 2.24) is 14.8 Å². The van der Waals surface area contributed by atoms with Crippen LogP contribution in [0.25, 0.3) is 10.9 Å². The Morgan fingerprint density at radius 1 is 0.788 bits per heavy atom. The summed E-state index contributed by atoms with van der Waals surface area (Å²) >= 11 is 0. The molecule has 3 aromatic carbocycles. The molecular formula is C28H27N3O2. The molecule has 0 saturated carbocycles. The van der Waals surface area contributed by atoms with Crippen molar-refractivity contribution in [1.29, 1.82) is 0 Å². The number of hydrogen-bond acceptors (Lipinski definition) is 4. The molecule has 5 nitrogen and oxygen atoms in total. The summed E-state index contributed by atoms with van der Waals surface area (Å²) in [5.74, 6) is 0.659. The van der Waals surface area contributed by atoms with Crippen LogP contribution in [-0.2, 0) is 4.79 Å². The van der Waals surface area contributed by atoms with Crippen molar-refractivity contribution >= 4 is 16.8 Å². The second kappa shape index (κ2) is 9.84. The number of nitrogens with zero attached hydrogens (tertiary/aromatic N) is 3. The van der Waals surface area contributed by atoms with Gasteiger partial charge in [0.2, 0.25) is 0 Å². The second-order valence-corrected chi connectivity index (χ2v) is 8.26. The largest absolute Gasteiger partial charge is 0.481 e. The summed E-state index contributed by atoms with van der Waals surface area (Å²) in [6.45, 7) is 3.03. The SMILES string of the molecule is O=C(COc1cccc2cccnc12)N1CCN(C(c2ccccc2)c2ccccc2)CC1. The molecule has 4 aromatic rings. The van der Waals surface area contributed by atoms with E-state index in [1.807, 2.05) is 47.4 Å². The number of aromatic nitrogens is 1. The monoisotopic (exact) mass is 437 g/mol. The number of para-hydroxylation sites is 1. The summed E-state index contributed by atoms with van der Waals surface area (Å²) in [5.41, 5.74) is 3.33. The summed E-state index contributed by atoms with van der Waals surface area (Å²) in [7, 11) is 0. The van der Waals surface area contributed by atoms with Gasteiger partial charge in [-0.15, -0.1) is 0 Å². The molecule has 166 valence electrons. The molecule has 0 atom stereocenters. The first-order valence-electron chi connectivity index (χ1n) is 11.4.